The molecule has 0 aliphatic rings. The van der Waals surface area contributed by atoms with Crippen LogP contribution in [0.5, 0.6) is 0 Å². The molecule has 0 aromatic carbocycles. The normalized spacial score (nSPS) is 10.8. The quantitative estimate of drug-likeness (QED) is 0.400. The van der Waals surface area contributed by atoms with Gasteiger partial charge in [0.15, 0.2) is 0 Å². The number of quaternary nitrogens is 1. The summed E-state index contributed by atoms with van der Waals surface area (Å²) < 4.78 is 0.688. The van der Waals surface area contributed by atoms with Gasteiger partial charge in [-0.1, -0.05) is 0 Å². The van der Waals surface area contributed by atoms with E-state index >= 15 is 0 Å². The van der Waals surface area contributed by atoms with E-state index in [2.05, 4.69) is 0 Å². The van der Waals surface area contributed by atoms with Gasteiger partial charge in [-0.05, 0) is 0 Å². The Morgan fingerprint density at radius 3 is 1.50 bits per heavy atom. The minimum Gasteiger partial charge on any atom is -1.00 e. The van der Waals surface area contributed by atoms with Crippen molar-refractivity contribution in [1.82, 2.24) is 0 Å². The summed E-state index contributed by atoms with van der Waals surface area (Å²) in [6.45, 7) is 1.79. The minimum absolute atomic E-state index is 0. The van der Waals surface area contributed by atoms with Crippen molar-refractivity contribution < 1.29 is 38.7 Å². The van der Waals surface area contributed by atoms with Crippen LogP contribution >= 0.6 is 0 Å². The number of hydrogen-bond donors (Lipinski definition) is 2. The van der Waals surface area contributed by atoms with E-state index in [4.69, 9.17) is 10.2 Å². The van der Waals surface area contributed by atoms with Crippen LogP contribution in [0.1, 0.15) is 0 Å². The van der Waals surface area contributed by atoms with Gasteiger partial charge in [-0.15, -0.1) is 0 Å². The molecule has 0 rings (SSSR count). The standard InChI is InChI=1S/C6H16NO2.HI/c1-7(2,3-5-8)4-6-9;/h8-9H,3-6H2,1-2H3;1H/q+1;/p-1. The van der Waals surface area contributed by atoms with Gasteiger partial charge in [0.1, 0.15) is 13.1 Å². The predicted molar refractivity (Wildman–Crippen MR) is 36.0 cm³/mol. The van der Waals surface area contributed by atoms with Gasteiger partial charge in [-0.2, -0.15) is 0 Å². The molecule has 0 atom stereocenters. The molecule has 10 heavy (non-hydrogen) atoms. The van der Waals surface area contributed by atoms with Crippen molar-refractivity contribution >= 4 is 0 Å². The first kappa shape index (κ1) is 13.2. The molecule has 64 valence electrons. The highest BCUT2D eigenvalue weighted by Gasteiger charge is 2.11. The van der Waals surface area contributed by atoms with Crippen molar-refractivity contribution in [2.45, 2.75) is 0 Å². The Morgan fingerprint density at radius 1 is 1.00 bits per heavy atom. The summed E-state index contributed by atoms with van der Waals surface area (Å²) >= 11 is 0. The first-order chi connectivity index (χ1) is 4.12. The van der Waals surface area contributed by atoms with E-state index in [1.807, 2.05) is 14.1 Å². The highest BCUT2D eigenvalue weighted by molar-refractivity contribution is 4.29. The van der Waals surface area contributed by atoms with E-state index in [0.717, 1.165) is 0 Å². The summed E-state index contributed by atoms with van der Waals surface area (Å²) in [5, 5.41) is 17.1. The lowest BCUT2D eigenvalue weighted by atomic mass is 10.4. The van der Waals surface area contributed by atoms with Gasteiger partial charge in [0, 0.05) is 0 Å². The first-order valence-electron chi connectivity index (χ1n) is 3.16. The maximum atomic E-state index is 8.53. The molecule has 0 amide bonds. The van der Waals surface area contributed by atoms with Crippen molar-refractivity contribution in [3.63, 3.8) is 0 Å². The van der Waals surface area contributed by atoms with Crippen LogP contribution in [0, 0.1) is 0 Å². The molecule has 2 N–H and O–H groups in total. The molecule has 0 aromatic rings. The van der Waals surface area contributed by atoms with Gasteiger partial charge in [-0.3, -0.25) is 0 Å². The molecule has 0 unspecified atom stereocenters. The topological polar surface area (TPSA) is 40.5 Å². The van der Waals surface area contributed by atoms with Crippen molar-refractivity contribution in [2.75, 3.05) is 40.4 Å². The zero-order valence-electron chi connectivity index (χ0n) is 6.55. The van der Waals surface area contributed by atoms with Crippen molar-refractivity contribution in [3.05, 3.63) is 0 Å². The predicted octanol–water partition coefficient (Wildman–Crippen LogP) is -3.95. The van der Waals surface area contributed by atoms with Crippen LogP contribution in [0.2, 0.25) is 0 Å². The maximum absolute atomic E-state index is 8.53. The second-order valence-electron chi connectivity index (χ2n) is 2.83. The van der Waals surface area contributed by atoms with Crippen LogP contribution in [0.4, 0.5) is 0 Å². The van der Waals surface area contributed by atoms with E-state index in [0.29, 0.717) is 17.6 Å². The number of aliphatic hydroxyl groups excluding tert-OH is 2. The van der Waals surface area contributed by atoms with Crippen LogP contribution in [-0.4, -0.2) is 55.1 Å². The molecule has 0 heterocycles. The maximum Gasteiger partial charge on any atom is 0.102 e. The third kappa shape index (κ3) is 6.73. The molecule has 0 saturated carbocycles. The number of halogens is 1. The molecular formula is C6H16INO2. The molecule has 0 aliphatic carbocycles. The van der Waals surface area contributed by atoms with Gasteiger partial charge in [0.25, 0.3) is 0 Å². The van der Waals surface area contributed by atoms with Gasteiger partial charge < -0.3 is 38.7 Å². The number of likely N-dealkylation sites (N-methyl/N-ethyl adjacent to an activating group) is 1. The van der Waals surface area contributed by atoms with E-state index < -0.39 is 0 Å². The molecule has 0 saturated heterocycles. The van der Waals surface area contributed by atoms with E-state index in [1.165, 1.54) is 0 Å². The largest absolute Gasteiger partial charge is 1.00 e. The van der Waals surface area contributed by atoms with Crippen LogP contribution in [-0.2, 0) is 0 Å². The highest BCUT2D eigenvalue weighted by atomic mass is 127. The Kier molecular flexibility index (Phi) is 8.36. The summed E-state index contributed by atoms with van der Waals surface area (Å²) in [5.41, 5.74) is 0. The average molecular weight is 261 g/mol. The molecule has 0 bridgehead atoms. The fourth-order valence-corrected chi connectivity index (χ4v) is 0.653. The van der Waals surface area contributed by atoms with E-state index in [-0.39, 0.29) is 37.2 Å². The molecule has 0 radical (unpaired) electrons. The summed E-state index contributed by atoms with van der Waals surface area (Å²) in [7, 11) is 3.96. The Hall–Kier alpha value is 0.610. The Labute approximate surface area is 79.3 Å². The molecule has 4 heteroatoms. The fourth-order valence-electron chi connectivity index (χ4n) is 0.653. The molecular weight excluding hydrogens is 245 g/mol. The fraction of sp³-hybridized carbons (Fsp3) is 1.00. The van der Waals surface area contributed by atoms with Crippen LogP contribution in [0.15, 0.2) is 0 Å². The smallest absolute Gasteiger partial charge is 0.102 e. The second-order valence-corrected chi connectivity index (χ2v) is 2.83. The van der Waals surface area contributed by atoms with E-state index in [1.54, 1.807) is 0 Å². The first-order valence-corrected chi connectivity index (χ1v) is 3.16. The summed E-state index contributed by atoms with van der Waals surface area (Å²) in [6.07, 6.45) is 0. The molecule has 0 spiro atoms. The molecule has 0 fully saturated rings. The second kappa shape index (κ2) is 6.33. The number of aliphatic hydroxyl groups is 2. The monoisotopic (exact) mass is 261 g/mol. The zero-order valence-corrected chi connectivity index (χ0v) is 8.71. The third-order valence-corrected chi connectivity index (χ3v) is 1.41. The van der Waals surface area contributed by atoms with Crippen LogP contribution in [0.3, 0.4) is 0 Å². The van der Waals surface area contributed by atoms with Gasteiger partial charge in [-0.25, -0.2) is 0 Å². The molecule has 0 aromatic heterocycles. The average Bonchev–Trinajstić information content (AvgIpc) is 1.64. The Balaban J connectivity index is 0. The lowest BCUT2D eigenvalue weighted by Crippen LogP contribution is -3.00. The lowest BCUT2D eigenvalue weighted by Gasteiger charge is -2.27. The highest BCUT2D eigenvalue weighted by Crippen LogP contribution is 1.92. The van der Waals surface area contributed by atoms with Crippen molar-refractivity contribution in [2.24, 2.45) is 0 Å². The number of nitrogens with zero attached hydrogens (tertiary/aromatic N) is 1. The van der Waals surface area contributed by atoms with Crippen LogP contribution in [0.25, 0.3) is 0 Å². The van der Waals surface area contributed by atoms with Crippen molar-refractivity contribution in [1.29, 1.82) is 0 Å². The Bertz CT molecular complexity index is 70.1. The summed E-state index contributed by atoms with van der Waals surface area (Å²) in [4.78, 5) is 0. The third-order valence-electron chi connectivity index (χ3n) is 1.41. The summed E-state index contributed by atoms with van der Waals surface area (Å²) in [6, 6.07) is 0. The Morgan fingerprint density at radius 2 is 1.30 bits per heavy atom. The van der Waals surface area contributed by atoms with Gasteiger partial charge in [0.2, 0.25) is 0 Å². The lowest BCUT2D eigenvalue weighted by molar-refractivity contribution is -0.890. The zero-order chi connectivity index (χ0) is 7.33. The SMILES string of the molecule is C[N+](C)(CCO)CCO.[I-]. The number of rotatable bonds is 4. The minimum atomic E-state index is 0. The molecule has 3 nitrogen and oxygen atoms in total. The molecule has 0 aliphatic heterocycles. The van der Waals surface area contributed by atoms with Gasteiger partial charge >= 0.3 is 0 Å². The van der Waals surface area contributed by atoms with Crippen molar-refractivity contribution in [3.8, 4) is 0 Å². The summed E-state index contributed by atoms with van der Waals surface area (Å²) in [5.74, 6) is 0. The van der Waals surface area contributed by atoms with Crippen LogP contribution < -0.4 is 24.0 Å². The van der Waals surface area contributed by atoms with Gasteiger partial charge in [0.05, 0.1) is 27.3 Å². The van der Waals surface area contributed by atoms with E-state index in [9.17, 15) is 0 Å². The number of hydrogen-bond acceptors (Lipinski definition) is 2.